The predicted molar refractivity (Wildman–Crippen MR) is 64.3 cm³/mol. The Bertz CT molecular complexity index is 311. The third-order valence-corrected chi connectivity index (χ3v) is 3.10. The van der Waals surface area contributed by atoms with Gasteiger partial charge in [0.05, 0.1) is 0 Å². The topological polar surface area (TPSA) is 95.5 Å². The average molecular weight is 256 g/mol. The second kappa shape index (κ2) is 7.68. The Morgan fingerprint density at radius 2 is 1.67 bits per heavy atom. The van der Waals surface area contributed by atoms with E-state index in [4.69, 9.17) is 5.11 Å². The highest BCUT2D eigenvalue weighted by molar-refractivity contribution is 5.83. The van der Waals surface area contributed by atoms with Crippen molar-refractivity contribution in [3.05, 3.63) is 0 Å². The number of aliphatic carboxylic acids is 1. The van der Waals surface area contributed by atoms with Gasteiger partial charge in [-0.25, -0.2) is 0 Å². The minimum atomic E-state index is -0.922. The van der Waals surface area contributed by atoms with Crippen molar-refractivity contribution in [3.63, 3.8) is 0 Å². The lowest BCUT2D eigenvalue weighted by molar-refractivity contribution is -0.137. The van der Waals surface area contributed by atoms with Gasteiger partial charge in [-0.15, -0.1) is 0 Å². The molecular weight excluding hydrogens is 236 g/mol. The van der Waals surface area contributed by atoms with Gasteiger partial charge in [0.1, 0.15) is 0 Å². The van der Waals surface area contributed by atoms with E-state index in [0.717, 1.165) is 25.7 Å². The molecule has 1 rings (SSSR count). The van der Waals surface area contributed by atoms with E-state index in [2.05, 4.69) is 10.9 Å². The summed E-state index contributed by atoms with van der Waals surface area (Å²) in [7, 11) is 0. The summed E-state index contributed by atoms with van der Waals surface area (Å²) in [6, 6.07) is 0. The number of carboxylic acid groups (broad SMARTS) is 1. The quantitative estimate of drug-likeness (QED) is 0.639. The van der Waals surface area contributed by atoms with Crippen LogP contribution in [0.1, 0.15) is 51.4 Å². The zero-order chi connectivity index (χ0) is 13.4. The van der Waals surface area contributed by atoms with Crippen LogP contribution in [-0.2, 0) is 14.4 Å². The van der Waals surface area contributed by atoms with Crippen molar-refractivity contribution in [3.8, 4) is 0 Å². The summed E-state index contributed by atoms with van der Waals surface area (Å²) in [5.74, 6) is -1.41. The number of carbonyl (C=O) groups is 3. The van der Waals surface area contributed by atoms with E-state index in [0.29, 0.717) is 0 Å². The largest absolute Gasteiger partial charge is 0.481 e. The van der Waals surface area contributed by atoms with Crippen molar-refractivity contribution < 1.29 is 19.5 Å². The summed E-state index contributed by atoms with van der Waals surface area (Å²) in [4.78, 5) is 33.2. The molecule has 0 aromatic carbocycles. The number of amides is 2. The molecule has 1 aliphatic rings. The lowest BCUT2D eigenvalue weighted by atomic mass is 9.89. The van der Waals surface area contributed by atoms with Gasteiger partial charge in [-0.1, -0.05) is 19.3 Å². The molecule has 0 aromatic heterocycles. The third kappa shape index (κ3) is 5.65. The first-order chi connectivity index (χ1) is 8.59. The minimum absolute atomic E-state index is 0.00179. The van der Waals surface area contributed by atoms with Crippen molar-refractivity contribution in [1.29, 1.82) is 0 Å². The molecule has 0 unspecified atom stereocenters. The van der Waals surface area contributed by atoms with Gasteiger partial charge >= 0.3 is 5.97 Å². The first-order valence-electron chi connectivity index (χ1n) is 6.40. The molecule has 1 fully saturated rings. The molecule has 1 saturated carbocycles. The van der Waals surface area contributed by atoms with Crippen LogP contribution in [0.4, 0.5) is 0 Å². The normalized spacial score (nSPS) is 16.0. The Morgan fingerprint density at radius 1 is 1.00 bits per heavy atom. The van der Waals surface area contributed by atoms with Crippen LogP contribution in [-0.4, -0.2) is 22.9 Å². The second-order valence-corrected chi connectivity index (χ2v) is 4.62. The first kappa shape index (κ1) is 14.5. The number of carboxylic acids is 1. The summed E-state index contributed by atoms with van der Waals surface area (Å²) >= 11 is 0. The molecule has 6 nitrogen and oxygen atoms in total. The Labute approximate surface area is 106 Å². The number of carbonyl (C=O) groups excluding carboxylic acids is 2. The molecule has 0 radical (unpaired) electrons. The standard InChI is InChI=1S/C12H20N2O4/c15-10(7-4-8-11(16)17)13-14-12(18)9-5-2-1-3-6-9/h9H,1-8H2,(H,13,15)(H,14,18)(H,16,17). The van der Waals surface area contributed by atoms with Crippen molar-refractivity contribution in [1.82, 2.24) is 10.9 Å². The fourth-order valence-corrected chi connectivity index (χ4v) is 2.06. The van der Waals surface area contributed by atoms with Gasteiger partial charge in [-0.3, -0.25) is 25.2 Å². The maximum atomic E-state index is 11.7. The lowest BCUT2D eigenvalue weighted by Crippen LogP contribution is -2.44. The van der Waals surface area contributed by atoms with Gasteiger partial charge in [0.2, 0.25) is 11.8 Å². The van der Waals surface area contributed by atoms with Gasteiger partial charge < -0.3 is 5.11 Å². The summed E-state index contributed by atoms with van der Waals surface area (Å²) < 4.78 is 0. The van der Waals surface area contributed by atoms with E-state index in [-0.39, 0.29) is 37.0 Å². The predicted octanol–water partition coefficient (Wildman–Crippen LogP) is 0.969. The molecule has 0 saturated heterocycles. The SMILES string of the molecule is O=C(O)CCCC(=O)NNC(=O)C1CCCCC1. The average Bonchev–Trinajstić information content (AvgIpc) is 2.36. The van der Waals surface area contributed by atoms with Crippen molar-refractivity contribution in [2.24, 2.45) is 5.92 Å². The molecule has 18 heavy (non-hydrogen) atoms. The van der Waals surface area contributed by atoms with Gasteiger partial charge in [-0.2, -0.15) is 0 Å². The van der Waals surface area contributed by atoms with Gasteiger partial charge in [0, 0.05) is 18.8 Å². The van der Waals surface area contributed by atoms with E-state index in [1.807, 2.05) is 0 Å². The fourth-order valence-electron chi connectivity index (χ4n) is 2.06. The first-order valence-corrected chi connectivity index (χ1v) is 6.40. The maximum Gasteiger partial charge on any atom is 0.303 e. The van der Waals surface area contributed by atoms with Crippen LogP contribution in [0.3, 0.4) is 0 Å². The van der Waals surface area contributed by atoms with Crippen LogP contribution in [0.25, 0.3) is 0 Å². The molecule has 6 heteroatoms. The molecular formula is C12H20N2O4. The smallest absolute Gasteiger partial charge is 0.303 e. The van der Waals surface area contributed by atoms with E-state index < -0.39 is 5.97 Å². The Hall–Kier alpha value is -1.59. The van der Waals surface area contributed by atoms with Crippen molar-refractivity contribution in [2.75, 3.05) is 0 Å². The molecule has 0 atom stereocenters. The van der Waals surface area contributed by atoms with Gasteiger partial charge in [0.15, 0.2) is 0 Å². The minimum Gasteiger partial charge on any atom is -0.481 e. The number of hydrogen-bond acceptors (Lipinski definition) is 3. The summed E-state index contributed by atoms with van der Waals surface area (Å²) in [6.45, 7) is 0. The molecule has 1 aliphatic carbocycles. The lowest BCUT2D eigenvalue weighted by Gasteiger charge is -2.20. The fraction of sp³-hybridized carbons (Fsp3) is 0.750. The third-order valence-electron chi connectivity index (χ3n) is 3.10. The highest BCUT2D eigenvalue weighted by Gasteiger charge is 2.21. The van der Waals surface area contributed by atoms with E-state index in [1.54, 1.807) is 0 Å². The number of rotatable bonds is 5. The van der Waals surface area contributed by atoms with Crippen LogP contribution in [0.2, 0.25) is 0 Å². The van der Waals surface area contributed by atoms with E-state index in [9.17, 15) is 14.4 Å². The summed E-state index contributed by atoms with van der Waals surface area (Å²) in [5.41, 5.74) is 4.73. The summed E-state index contributed by atoms with van der Waals surface area (Å²) in [5, 5.41) is 8.41. The number of nitrogens with one attached hydrogen (secondary N) is 2. The maximum absolute atomic E-state index is 11.7. The molecule has 0 spiro atoms. The molecule has 0 aliphatic heterocycles. The van der Waals surface area contributed by atoms with Crippen LogP contribution in [0.5, 0.6) is 0 Å². The molecule has 0 heterocycles. The molecule has 3 N–H and O–H groups in total. The monoisotopic (exact) mass is 256 g/mol. The Balaban J connectivity index is 2.13. The molecule has 0 bridgehead atoms. The van der Waals surface area contributed by atoms with Crippen molar-refractivity contribution in [2.45, 2.75) is 51.4 Å². The van der Waals surface area contributed by atoms with Crippen LogP contribution in [0.15, 0.2) is 0 Å². The number of hydrogen-bond donors (Lipinski definition) is 3. The van der Waals surface area contributed by atoms with Gasteiger partial charge in [-0.05, 0) is 19.3 Å². The highest BCUT2D eigenvalue weighted by Crippen LogP contribution is 2.23. The molecule has 0 aromatic rings. The van der Waals surface area contributed by atoms with Gasteiger partial charge in [0.25, 0.3) is 0 Å². The van der Waals surface area contributed by atoms with E-state index >= 15 is 0 Å². The number of hydrazine groups is 1. The van der Waals surface area contributed by atoms with E-state index in [1.165, 1.54) is 6.42 Å². The highest BCUT2D eigenvalue weighted by atomic mass is 16.4. The van der Waals surface area contributed by atoms with Crippen molar-refractivity contribution >= 4 is 17.8 Å². The Morgan fingerprint density at radius 3 is 2.28 bits per heavy atom. The second-order valence-electron chi connectivity index (χ2n) is 4.62. The Kier molecular flexibility index (Phi) is 6.18. The molecule has 102 valence electrons. The van der Waals surface area contributed by atoms with Crippen LogP contribution >= 0.6 is 0 Å². The van der Waals surface area contributed by atoms with Crippen LogP contribution < -0.4 is 10.9 Å². The summed E-state index contributed by atoms with van der Waals surface area (Å²) in [6.07, 6.45) is 5.39. The molecule has 2 amide bonds. The zero-order valence-corrected chi connectivity index (χ0v) is 10.4. The zero-order valence-electron chi connectivity index (χ0n) is 10.4. The van der Waals surface area contributed by atoms with Crippen LogP contribution in [0, 0.1) is 5.92 Å².